The molecule has 6 rings (SSSR count). The molecule has 0 fully saturated rings. The van der Waals surface area contributed by atoms with E-state index in [1.807, 2.05) is 0 Å². The molecule has 0 atom stereocenters. The van der Waals surface area contributed by atoms with Crippen LogP contribution in [-0.2, 0) is 5.54 Å². The van der Waals surface area contributed by atoms with Gasteiger partial charge in [-0.25, -0.2) is 0 Å². The number of fused-ring (bicyclic) bond motifs is 6. The van der Waals surface area contributed by atoms with E-state index in [-0.39, 0.29) is 5.54 Å². The molecule has 0 amide bonds. The van der Waals surface area contributed by atoms with Crippen LogP contribution in [0.5, 0.6) is 0 Å². The molecule has 0 radical (unpaired) electrons. The molecular formula is C29H26N2. The van der Waals surface area contributed by atoms with Crippen LogP contribution >= 0.6 is 0 Å². The first-order valence-corrected chi connectivity index (χ1v) is 11.0. The number of aromatic nitrogens is 2. The molecule has 2 heterocycles. The number of hydrogen-bond donors (Lipinski definition) is 0. The van der Waals surface area contributed by atoms with Gasteiger partial charge in [0.15, 0.2) is 0 Å². The second-order valence-electron chi connectivity index (χ2n) is 9.57. The van der Waals surface area contributed by atoms with Crippen molar-refractivity contribution in [1.29, 1.82) is 0 Å². The van der Waals surface area contributed by atoms with E-state index in [4.69, 9.17) is 0 Å². The maximum atomic E-state index is 2.52. The van der Waals surface area contributed by atoms with Crippen LogP contribution in [0.15, 0.2) is 84.9 Å². The molecule has 0 unspecified atom stereocenters. The van der Waals surface area contributed by atoms with E-state index in [2.05, 4.69) is 122 Å². The summed E-state index contributed by atoms with van der Waals surface area (Å²) in [7, 11) is 0. The average molecular weight is 403 g/mol. The fourth-order valence-corrected chi connectivity index (χ4v) is 5.27. The van der Waals surface area contributed by atoms with Gasteiger partial charge in [0.25, 0.3) is 0 Å². The number of aryl methyl sites for hydroxylation is 1. The molecule has 0 N–H and O–H groups in total. The van der Waals surface area contributed by atoms with Gasteiger partial charge in [-0.15, -0.1) is 0 Å². The molecule has 0 saturated heterocycles. The second kappa shape index (κ2) is 6.24. The molecule has 6 aromatic rings. The number of rotatable bonds is 1. The van der Waals surface area contributed by atoms with E-state index < -0.39 is 0 Å². The van der Waals surface area contributed by atoms with Gasteiger partial charge in [0, 0.05) is 32.6 Å². The zero-order chi connectivity index (χ0) is 21.3. The Hall–Kier alpha value is -3.52. The van der Waals surface area contributed by atoms with Gasteiger partial charge in [-0.05, 0) is 63.6 Å². The Morgan fingerprint density at radius 2 is 1.06 bits per heavy atom. The molecule has 4 aromatic carbocycles. The normalized spacial score (nSPS) is 12.5. The minimum atomic E-state index is -0.0515. The lowest BCUT2D eigenvalue weighted by molar-refractivity contribution is 0.423. The average Bonchev–Trinajstić information content (AvgIpc) is 3.26. The molecule has 0 aliphatic heterocycles. The Morgan fingerprint density at radius 3 is 1.61 bits per heavy atom. The van der Waals surface area contributed by atoms with Crippen molar-refractivity contribution in [1.82, 2.24) is 9.13 Å². The van der Waals surface area contributed by atoms with Crippen molar-refractivity contribution in [3.63, 3.8) is 0 Å². The topological polar surface area (TPSA) is 9.86 Å². The van der Waals surface area contributed by atoms with E-state index in [1.165, 1.54) is 54.9 Å². The highest BCUT2D eigenvalue weighted by Crippen LogP contribution is 2.40. The predicted molar refractivity (Wildman–Crippen MR) is 134 cm³/mol. The summed E-state index contributed by atoms with van der Waals surface area (Å²) < 4.78 is 4.98. The minimum Gasteiger partial charge on any atom is -0.333 e. The van der Waals surface area contributed by atoms with Gasteiger partial charge in [0.05, 0.1) is 22.2 Å². The summed E-state index contributed by atoms with van der Waals surface area (Å²) in [4.78, 5) is 0. The first-order chi connectivity index (χ1) is 14.9. The summed E-state index contributed by atoms with van der Waals surface area (Å²) in [5.41, 5.74) is 7.56. The van der Waals surface area contributed by atoms with Gasteiger partial charge < -0.3 is 9.13 Å². The van der Waals surface area contributed by atoms with E-state index >= 15 is 0 Å². The van der Waals surface area contributed by atoms with Gasteiger partial charge in [0.2, 0.25) is 0 Å². The zero-order valence-corrected chi connectivity index (χ0v) is 18.5. The molecule has 2 aromatic heterocycles. The summed E-state index contributed by atoms with van der Waals surface area (Å²) >= 11 is 0. The summed E-state index contributed by atoms with van der Waals surface area (Å²) in [6.45, 7) is 9.11. The van der Waals surface area contributed by atoms with Crippen LogP contribution in [0, 0.1) is 6.92 Å². The van der Waals surface area contributed by atoms with Gasteiger partial charge in [-0.2, -0.15) is 0 Å². The second-order valence-corrected chi connectivity index (χ2v) is 9.57. The monoisotopic (exact) mass is 402 g/mol. The number of benzene rings is 4. The molecule has 0 bridgehead atoms. The first kappa shape index (κ1) is 18.3. The van der Waals surface area contributed by atoms with Crippen molar-refractivity contribution in [3.8, 4) is 5.69 Å². The van der Waals surface area contributed by atoms with Crippen LogP contribution in [0.1, 0.15) is 26.3 Å². The summed E-state index contributed by atoms with van der Waals surface area (Å²) in [5.74, 6) is 0. The molecular weight excluding hydrogens is 376 g/mol. The highest BCUT2D eigenvalue weighted by molar-refractivity contribution is 6.14. The van der Waals surface area contributed by atoms with E-state index in [0.29, 0.717) is 0 Å². The van der Waals surface area contributed by atoms with Crippen LogP contribution in [0.4, 0.5) is 0 Å². The predicted octanol–water partition coefficient (Wildman–Crippen LogP) is 7.96. The van der Waals surface area contributed by atoms with Crippen molar-refractivity contribution in [2.24, 2.45) is 0 Å². The Labute approximate surface area is 182 Å². The number of nitrogens with zero attached hydrogens (tertiary/aromatic N) is 2. The molecule has 2 heteroatoms. The Morgan fingerprint density at radius 1 is 0.581 bits per heavy atom. The Kier molecular flexibility index (Phi) is 3.68. The Bertz CT molecular complexity index is 1570. The van der Waals surface area contributed by atoms with Crippen molar-refractivity contribution in [2.45, 2.75) is 33.2 Å². The summed E-state index contributed by atoms with van der Waals surface area (Å²) in [5, 5.41) is 5.23. The molecule has 0 aliphatic carbocycles. The third-order valence-corrected chi connectivity index (χ3v) is 6.38. The Balaban J connectivity index is 1.91. The van der Waals surface area contributed by atoms with Crippen molar-refractivity contribution in [2.75, 3.05) is 0 Å². The largest absolute Gasteiger partial charge is 0.333 e. The molecule has 2 nitrogen and oxygen atoms in total. The fourth-order valence-electron chi connectivity index (χ4n) is 5.27. The SMILES string of the molecule is Cc1cc(-n2c3ccccc3c3ccccc32)c2c(c1)c1ccccc1n2C(C)(C)C. The van der Waals surface area contributed by atoms with E-state index in [1.54, 1.807) is 0 Å². The molecule has 152 valence electrons. The number of para-hydroxylation sites is 3. The van der Waals surface area contributed by atoms with Gasteiger partial charge >= 0.3 is 0 Å². The lowest BCUT2D eigenvalue weighted by atomic mass is 10.1. The van der Waals surface area contributed by atoms with Crippen LogP contribution < -0.4 is 0 Å². The van der Waals surface area contributed by atoms with Crippen LogP contribution in [0.25, 0.3) is 49.3 Å². The quantitative estimate of drug-likeness (QED) is 0.264. The standard InChI is InChI=1S/C29H26N2/c1-19-17-23-22-13-7-10-16-26(22)31(29(2,3)4)28(23)27(18-19)30-24-14-8-5-11-20(24)21-12-6-9-15-25(21)30/h5-18H,1-4H3. The third kappa shape index (κ3) is 2.51. The van der Waals surface area contributed by atoms with Crippen molar-refractivity contribution in [3.05, 3.63) is 90.5 Å². The van der Waals surface area contributed by atoms with Gasteiger partial charge in [-0.1, -0.05) is 54.6 Å². The maximum absolute atomic E-state index is 2.52. The lowest BCUT2D eigenvalue weighted by Gasteiger charge is -2.26. The fraction of sp³-hybridized carbons (Fsp3) is 0.172. The molecule has 0 aliphatic rings. The zero-order valence-electron chi connectivity index (χ0n) is 18.5. The van der Waals surface area contributed by atoms with Crippen molar-refractivity contribution >= 4 is 43.6 Å². The van der Waals surface area contributed by atoms with Gasteiger partial charge in [0.1, 0.15) is 0 Å². The van der Waals surface area contributed by atoms with Crippen molar-refractivity contribution < 1.29 is 0 Å². The van der Waals surface area contributed by atoms with E-state index in [9.17, 15) is 0 Å². The number of hydrogen-bond acceptors (Lipinski definition) is 0. The smallest absolute Gasteiger partial charge is 0.0741 e. The first-order valence-electron chi connectivity index (χ1n) is 11.0. The van der Waals surface area contributed by atoms with Gasteiger partial charge in [-0.3, -0.25) is 0 Å². The minimum absolute atomic E-state index is 0.0515. The summed E-state index contributed by atoms with van der Waals surface area (Å²) in [6, 6.07) is 31.0. The maximum Gasteiger partial charge on any atom is 0.0741 e. The highest BCUT2D eigenvalue weighted by Gasteiger charge is 2.24. The van der Waals surface area contributed by atoms with E-state index in [0.717, 1.165) is 0 Å². The lowest BCUT2D eigenvalue weighted by Crippen LogP contribution is -2.22. The molecule has 0 spiro atoms. The van der Waals surface area contributed by atoms with Crippen LogP contribution in [-0.4, -0.2) is 9.13 Å². The molecule has 31 heavy (non-hydrogen) atoms. The third-order valence-electron chi connectivity index (χ3n) is 6.38. The van der Waals surface area contributed by atoms with Crippen LogP contribution in [0.2, 0.25) is 0 Å². The molecule has 0 saturated carbocycles. The summed E-state index contributed by atoms with van der Waals surface area (Å²) in [6.07, 6.45) is 0. The highest BCUT2D eigenvalue weighted by atomic mass is 15.1. The van der Waals surface area contributed by atoms with Crippen LogP contribution in [0.3, 0.4) is 0 Å².